The van der Waals surface area contributed by atoms with Gasteiger partial charge in [-0.15, -0.1) is 0 Å². The highest BCUT2D eigenvalue weighted by Gasteiger charge is 2.36. The lowest BCUT2D eigenvalue weighted by Crippen LogP contribution is -2.38. The normalized spacial score (nSPS) is 13.4. The quantitative estimate of drug-likeness (QED) is 0.564. The molecule has 124 valence electrons. The minimum atomic E-state index is -3.54. The van der Waals surface area contributed by atoms with E-state index < -0.39 is 30.9 Å². The van der Waals surface area contributed by atoms with Gasteiger partial charge in [-0.25, -0.2) is 4.79 Å². The van der Waals surface area contributed by atoms with Crippen LogP contribution in [-0.4, -0.2) is 51.2 Å². The highest BCUT2D eigenvalue weighted by Crippen LogP contribution is 2.52. The number of amides is 1. The molecule has 0 aromatic rings. The molecule has 0 bridgehead atoms. The molecule has 9 heteroatoms. The van der Waals surface area contributed by atoms with Crippen LogP contribution < -0.4 is 5.32 Å². The van der Waals surface area contributed by atoms with Gasteiger partial charge >= 0.3 is 19.7 Å². The molecule has 1 amide bonds. The number of esters is 1. The molecule has 0 rings (SSSR count). The van der Waals surface area contributed by atoms with E-state index in [1.165, 1.54) is 21.3 Å². The Morgan fingerprint density at radius 3 is 2.05 bits per heavy atom. The van der Waals surface area contributed by atoms with Gasteiger partial charge in [0.1, 0.15) is 5.60 Å². The molecular formula is C12H24NO7P. The first-order valence-corrected chi connectivity index (χ1v) is 7.94. The van der Waals surface area contributed by atoms with Gasteiger partial charge in [0.2, 0.25) is 0 Å². The molecule has 8 nitrogen and oxygen atoms in total. The van der Waals surface area contributed by atoms with Crippen LogP contribution in [0.3, 0.4) is 0 Å². The molecular weight excluding hydrogens is 301 g/mol. The standard InChI is InChI=1S/C12H24NO7P/c1-12(2,3)20-11(15)13-8-9(7-10(14)17-4)21(16,18-5)19-6/h9H,7-8H2,1-6H3,(H,13,15). The van der Waals surface area contributed by atoms with Crippen molar-refractivity contribution in [2.45, 2.75) is 38.5 Å². The summed E-state index contributed by atoms with van der Waals surface area (Å²) in [4.78, 5) is 23.0. The smallest absolute Gasteiger partial charge is 0.407 e. The molecule has 1 atom stereocenters. The Balaban J connectivity index is 4.80. The van der Waals surface area contributed by atoms with Gasteiger partial charge in [-0.2, -0.15) is 0 Å². The van der Waals surface area contributed by atoms with Crippen molar-refractivity contribution in [1.29, 1.82) is 0 Å². The molecule has 0 fully saturated rings. The number of methoxy groups -OCH3 is 1. The van der Waals surface area contributed by atoms with Crippen molar-refractivity contribution in [3.05, 3.63) is 0 Å². The second-order valence-electron chi connectivity index (χ2n) is 5.22. The predicted octanol–water partition coefficient (Wildman–Crippen LogP) is 1.93. The largest absolute Gasteiger partial charge is 0.469 e. The van der Waals surface area contributed by atoms with E-state index >= 15 is 0 Å². The van der Waals surface area contributed by atoms with Gasteiger partial charge in [-0.1, -0.05) is 0 Å². The van der Waals surface area contributed by atoms with E-state index in [0.717, 1.165) is 0 Å². The Hall–Kier alpha value is -1.11. The minimum Gasteiger partial charge on any atom is -0.469 e. The van der Waals surface area contributed by atoms with Crippen molar-refractivity contribution in [3.8, 4) is 0 Å². The number of hydrogen-bond acceptors (Lipinski definition) is 7. The van der Waals surface area contributed by atoms with E-state index in [-0.39, 0.29) is 13.0 Å². The Labute approximate surface area is 125 Å². The summed E-state index contributed by atoms with van der Waals surface area (Å²) >= 11 is 0. The second kappa shape index (κ2) is 8.36. The molecule has 0 aromatic carbocycles. The molecule has 0 heterocycles. The lowest BCUT2D eigenvalue weighted by Gasteiger charge is -2.25. The molecule has 1 N–H and O–H groups in total. The van der Waals surface area contributed by atoms with Crippen molar-refractivity contribution < 1.29 is 32.7 Å². The van der Waals surface area contributed by atoms with Crippen LogP contribution in [0.1, 0.15) is 27.2 Å². The zero-order valence-electron chi connectivity index (χ0n) is 13.3. The van der Waals surface area contributed by atoms with Crippen LogP contribution in [0.4, 0.5) is 4.79 Å². The van der Waals surface area contributed by atoms with E-state index in [1.807, 2.05) is 0 Å². The van der Waals surface area contributed by atoms with Gasteiger partial charge in [0, 0.05) is 20.8 Å². The van der Waals surface area contributed by atoms with E-state index in [9.17, 15) is 14.2 Å². The van der Waals surface area contributed by atoms with Crippen molar-refractivity contribution >= 4 is 19.7 Å². The fraction of sp³-hybridized carbons (Fsp3) is 0.833. The molecule has 0 saturated heterocycles. The van der Waals surface area contributed by atoms with Crippen molar-refractivity contribution in [1.82, 2.24) is 5.32 Å². The van der Waals surface area contributed by atoms with Crippen LogP contribution in [0.15, 0.2) is 0 Å². The van der Waals surface area contributed by atoms with Crippen molar-refractivity contribution in [3.63, 3.8) is 0 Å². The van der Waals surface area contributed by atoms with Gasteiger partial charge in [-0.3, -0.25) is 9.36 Å². The molecule has 0 aliphatic rings. The number of rotatable bonds is 7. The van der Waals surface area contributed by atoms with Gasteiger partial charge in [0.15, 0.2) is 0 Å². The fourth-order valence-electron chi connectivity index (χ4n) is 1.46. The summed E-state index contributed by atoms with van der Waals surface area (Å²) in [7, 11) is 0.0974. The van der Waals surface area contributed by atoms with E-state index in [2.05, 4.69) is 10.1 Å². The first kappa shape index (κ1) is 19.9. The summed E-state index contributed by atoms with van der Waals surface area (Å²) in [6.07, 6.45) is -0.901. The lowest BCUT2D eigenvalue weighted by molar-refractivity contribution is -0.140. The Morgan fingerprint density at radius 2 is 1.67 bits per heavy atom. The second-order valence-corrected chi connectivity index (χ2v) is 7.76. The summed E-state index contributed by atoms with van der Waals surface area (Å²) in [5, 5.41) is 2.44. The minimum absolute atomic E-state index is 0.108. The van der Waals surface area contributed by atoms with Gasteiger partial charge < -0.3 is 23.8 Å². The van der Waals surface area contributed by atoms with Gasteiger partial charge in [0.25, 0.3) is 0 Å². The fourth-order valence-corrected chi connectivity index (χ4v) is 2.89. The van der Waals surface area contributed by atoms with Crippen molar-refractivity contribution in [2.75, 3.05) is 27.9 Å². The molecule has 0 aromatic heterocycles. The first-order valence-electron chi connectivity index (χ1n) is 6.32. The van der Waals surface area contributed by atoms with E-state index in [1.54, 1.807) is 20.8 Å². The van der Waals surface area contributed by atoms with Crippen LogP contribution in [0.2, 0.25) is 0 Å². The number of alkyl carbamates (subject to hydrolysis) is 1. The average Bonchev–Trinajstić information content (AvgIpc) is 2.40. The summed E-state index contributed by atoms with van der Waals surface area (Å²) in [5.41, 5.74) is -1.53. The summed E-state index contributed by atoms with van der Waals surface area (Å²) in [6, 6.07) is 0. The molecule has 21 heavy (non-hydrogen) atoms. The third-order valence-corrected chi connectivity index (χ3v) is 4.74. The Bertz CT molecular complexity index is 397. The number of nitrogens with one attached hydrogen (secondary N) is 1. The third kappa shape index (κ3) is 7.45. The SMILES string of the molecule is COC(=O)CC(CNC(=O)OC(C)(C)C)P(=O)(OC)OC. The molecule has 0 aliphatic carbocycles. The maximum Gasteiger partial charge on any atom is 0.407 e. The van der Waals surface area contributed by atoms with Crippen LogP contribution in [0.25, 0.3) is 0 Å². The molecule has 0 spiro atoms. The highest BCUT2D eigenvalue weighted by atomic mass is 31.2. The van der Waals surface area contributed by atoms with Gasteiger partial charge in [0.05, 0.1) is 19.2 Å². The third-order valence-electron chi connectivity index (χ3n) is 2.47. The van der Waals surface area contributed by atoms with Gasteiger partial charge in [-0.05, 0) is 20.8 Å². The van der Waals surface area contributed by atoms with Crippen LogP contribution in [0, 0.1) is 0 Å². The predicted molar refractivity (Wildman–Crippen MR) is 76.3 cm³/mol. The van der Waals surface area contributed by atoms with Crippen LogP contribution in [0.5, 0.6) is 0 Å². The molecule has 0 radical (unpaired) electrons. The number of ether oxygens (including phenoxy) is 2. The van der Waals surface area contributed by atoms with Crippen molar-refractivity contribution in [2.24, 2.45) is 0 Å². The number of carbonyl (C=O) groups is 2. The molecule has 0 saturated carbocycles. The Kier molecular flexibility index (Phi) is 7.92. The summed E-state index contributed by atoms with van der Waals surface area (Å²) in [6.45, 7) is 5.04. The highest BCUT2D eigenvalue weighted by molar-refractivity contribution is 7.54. The van der Waals surface area contributed by atoms with E-state index in [4.69, 9.17) is 13.8 Å². The lowest BCUT2D eigenvalue weighted by atomic mass is 10.2. The molecule has 0 aliphatic heterocycles. The number of carbonyl (C=O) groups excluding carboxylic acids is 2. The number of hydrogen-bond donors (Lipinski definition) is 1. The maximum atomic E-state index is 12.4. The van der Waals surface area contributed by atoms with E-state index in [0.29, 0.717) is 0 Å². The van der Waals surface area contributed by atoms with Crippen LogP contribution >= 0.6 is 7.60 Å². The maximum absolute atomic E-state index is 12.4. The monoisotopic (exact) mass is 325 g/mol. The zero-order chi connectivity index (χ0) is 16.7. The summed E-state index contributed by atoms with van der Waals surface area (Å²) in [5.74, 6) is -0.583. The van der Waals surface area contributed by atoms with Crippen LogP contribution in [-0.2, 0) is 27.9 Å². The zero-order valence-corrected chi connectivity index (χ0v) is 14.2. The Morgan fingerprint density at radius 1 is 1.14 bits per heavy atom. The summed E-state index contributed by atoms with van der Waals surface area (Å²) < 4.78 is 31.7. The average molecular weight is 325 g/mol. The molecule has 1 unspecified atom stereocenters. The topological polar surface area (TPSA) is 100 Å². The first-order chi connectivity index (χ1) is 9.57.